The monoisotopic (exact) mass is 303 g/mol. The second-order valence-electron chi connectivity index (χ2n) is 4.20. The summed E-state index contributed by atoms with van der Waals surface area (Å²) in [4.78, 5) is 20.3. The van der Waals surface area contributed by atoms with Gasteiger partial charge in [-0.25, -0.2) is 4.98 Å². The Morgan fingerprint density at radius 3 is 2.85 bits per heavy atom. The third-order valence-corrected chi connectivity index (χ3v) is 4.65. The first-order valence-electron chi connectivity index (χ1n) is 6.01. The second-order valence-corrected chi connectivity index (χ2v) is 6.08. The van der Waals surface area contributed by atoms with Gasteiger partial charge in [0.1, 0.15) is 5.01 Å². The van der Waals surface area contributed by atoms with Crippen LogP contribution in [0, 0.1) is 18.3 Å². The maximum absolute atomic E-state index is 12.1. The fraction of sp³-hybridized carbons (Fsp3) is 0.286. The SMILES string of the molecule is Cc1csc(C(C#N)C(=O)CSCc2ccncc2)n1. The maximum atomic E-state index is 12.1. The van der Waals surface area contributed by atoms with Crippen molar-refractivity contribution in [1.29, 1.82) is 5.26 Å². The number of ketones is 1. The molecule has 0 saturated heterocycles. The van der Waals surface area contributed by atoms with E-state index in [1.54, 1.807) is 12.4 Å². The van der Waals surface area contributed by atoms with Gasteiger partial charge in [-0.2, -0.15) is 5.26 Å². The summed E-state index contributed by atoms with van der Waals surface area (Å²) in [5.41, 5.74) is 1.97. The molecule has 1 atom stereocenters. The molecule has 2 aromatic rings. The summed E-state index contributed by atoms with van der Waals surface area (Å²) in [5, 5.41) is 11.6. The third-order valence-electron chi connectivity index (χ3n) is 2.60. The van der Waals surface area contributed by atoms with Crippen molar-refractivity contribution in [3.8, 4) is 6.07 Å². The summed E-state index contributed by atoms with van der Waals surface area (Å²) < 4.78 is 0. The summed E-state index contributed by atoms with van der Waals surface area (Å²) >= 11 is 2.88. The van der Waals surface area contributed by atoms with E-state index < -0.39 is 5.92 Å². The molecule has 0 aliphatic rings. The van der Waals surface area contributed by atoms with Gasteiger partial charge in [0.15, 0.2) is 11.7 Å². The number of aryl methyl sites for hydroxylation is 1. The molecule has 0 aliphatic carbocycles. The third kappa shape index (κ3) is 3.89. The molecule has 0 aliphatic heterocycles. The first-order chi connectivity index (χ1) is 9.70. The molecule has 0 amide bonds. The predicted molar refractivity (Wildman–Crippen MR) is 80.6 cm³/mol. The molecule has 0 saturated carbocycles. The minimum Gasteiger partial charge on any atom is -0.297 e. The summed E-state index contributed by atoms with van der Waals surface area (Å²) in [6.07, 6.45) is 3.46. The molecule has 0 aromatic carbocycles. The highest BCUT2D eigenvalue weighted by atomic mass is 32.2. The quantitative estimate of drug-likeness (QED) is 0.820. The average Bonchev–Trinajstić information content (AvgIpc) is 2.87. The van der Waals surface area contributed by atoms with Crippen molar-refractivity contribution in [3.63, 3.8) is 0 Å². The number of thiazole rings is 1. The Bertz CT molecular complexity index is 619. The zero-order valence-corrected chi connectivity index (χ0v) is 12.6. The maximum Gasteiger partial charge on any atom is 0.166 e. The topological polar surface area (TPSA) is 66.6 Å². The second kappa shape index (κ2) is 7.17. The van der Waals surface area contributed by atoms with E-state index in [9.17, 15) is 4.79 Å². The molecule has 4 nitrogen and oxygen atoms in total. The van der Waals surface area contributed by atoms with Crippen LogP contribution in [0.2, 0.25) is 0 Å². The van der Waals surface area contributed by atoms with E-state index in [0.29, 0.717) is 10.8 Å². The molecule has 0 radical (unpaired) electrons. The molecule has 0 N–H and O–H groups in total. The number of thioether (sulfide) groups is 1. The van der Waals surface area contributed by atoms with Gasteiger partial charge < -0.3 is 0 Å². The van der Waals surface area contributed by atoms with Gasteiger partial charge >= 0.3 is 0 Å². The average molecular weight is 303 g/mol. The van der Waals surface area contributed by atoms with E-state index >= 15 is 0 Å². The molecule has 102 valence electrons. The summed E-state index contributed by atoms with van der Waals surface area (Å²) in [6, 6.07) is 5.90. The van der Waals surface area contributed by atoms with Gasteiger partial charge in [0.25, 0.3) is 0 Å². The van der Waals surface area contributed by atoms with Crippen LogP contribution in [0.1, 0.15) is 22.2 Å². The molecule has 0 bridgehead atoms. The first-order valence-corrected chi connectivity index (χ1v) is 8.05. The molecular weight excluding hydrogens is 290 g/mol. The number of Topliss-reactive ketones (excluding diaryl/α,β-unsaturated/α-hetero) is 1. The van der Waals surface area contributed by atoms with Crippen molar-refractivity contribution in [2.75, 3.05) is 5.75 Å². The molecular formula is C14H13N3OS2. The Balaban J connectivity index is 1.89. The van der Waals surface area contributed by atoms with Crippen molar-refractivity contribution in [1.82, 2.24) is 9.97 Å². The number of nitrogens with zero attached hydrogens (tertiary/aromatic N) is 3. The molecule has 20 heavy (non-hydrogen) atoms. The number of aromatic nitrogens is 2. The minimum atomic E-state index is -0.737. The highest BCUT2D eigenvalue weighted by Crippen LogP contribution is 2.23. The highest BCUT2D eigenvalue weighted by Gasteiger charge is 2.22. The number of hydrogen-bond donors (Lipinski definition) is 0. The van der Waals surface area contributed by atoms with Crippen molar-refractivity contribution in [3.05, 3.63) is 46.2 Å². The largest absolute Gasteiger partial charge is 0.297 e. The van der Waals surface area contributed by atoms with Gasteiger partial charge in [0.2, 0.25) is 0 Å². The Hall–Kier alpha value is -1.71. The Morgan fingerprint density at radius 1 is 1.50 bits per heavy atom. The Kier molecular flexibility index (Phi) is 5.27. The predicted octanol–water partition coefficient (Wildman–Crippen LogP) is 2.96. The lowest BCUT2D eigenvalue weighted by atomic mass is 10.1. The number of hydrogen-bond acceptors (Lipinski definition) is 6. The van der Waals surface area contributed by atoms with Crippen molar-refractivity contribution in [2.45, 2.75) is 18.6 Å². The lowest BCUT2D eigenvalue weighted by Crippen LogP contribution is -2.13. The van der Waals surface area contributed by atoms with Gasteiger partial charge in [-0.3, -0.25) is 9.78 Å². The minimum absolute atomic E-state index is 0.0825. The molecule has 2 heterocycles. The van der Waals surface area contributed by atoms with Gasteiger partial charge in [0.05, 0.1) is 11.8 Å². The van der Waals surface area contributed by atoms with Crippen LogP contribution in [0.5, 0.6) is 0 Å². The van der Waals surface area contributed by atoms with E-state index in [0.717, 1.165) is 17.0 Å². The van der Waals surface area contributed by atoms with Crippen LogP contribution >= 0.6 is 23.1 Å². The normalized spacial score (nSPS) is 11.8. The van der Waals surface area contributed by atoms with Crippen LogP contribution < -0.4 is 0 Å². The molecule has 2 aromatic heterocycles. The number of carbonyl (C=O) groups excluding carboxylic acids is 1. The number of rotatable bonds is 6. The lowest BCUT2D eigenvalue weighted by Gasteiger charge is -2.05. The van der Waals surface area contributed by atoms with Crippen molar-refractivity contribution in [2.24, 2.45) is 0 Å². The van der Waals surface area contributed by atoms with Gasteiger partial charge in [-0.05, 0) is 24.6 Å². The molecule has 2 rings (SSSR count). The van der Waals surface area contributed by atoms with Crippen LogP contribution in [-0.4, -0.2) is 21.5 Å². The van der Waals surface area contributed by atoms with E-state index in [-0.39, 0.29) is 5.78 Å². The van der Waals surface area contributed by atoms with E-state index in [2.05, 4.69) is 16.0 Å². The summed E-state index contributed by atoms with van der Waals surface area (Å²) in [7, 11) is 0. The summed E-state index contributed by atoms with van der Waals surface area (Å²) in [5.74, 6) is 0.238. The molecule has 1 unspecified atom stereocenters. The van der Waals surface area contributed by atoms with Crippen molar-refractivity contribution < 1.29 is 4.79 Å². The van der Waals surface area contributed by atoms with Crippen LogP contribution in [0.15, 0.2) is 29.9 Å². The van der Waals surface area contributed by atoms with Gasteiger partial charge in [0, 0.05) is 29.2 Å². The van der Waals surface area contributed by atoms with Crippen LogP contribution in [0.3, 0.4) is 0 Å². The molecule has 0 fully saturated rings. The van der Waals surface area contributed by atoms with Crippen molar-refractivity contribution >= 4 is 28.9 Å². The number of carbonyl (C=O) groups is 1. The highest BCUT2D eigenvalue weighted by molar-refractivity contribution is 7.99. The zero-order valence-electron chi connectivity index (χ0n) is 10.9. The smallest absolute Gasteiger partial charge is 0.166 e. The summed E-state index contributed by atoms with van der Waals surface area (Å²) in [6.45, 7) is 1.86. The van der Waals surface area contributed by atoms with E-state index in [4.69, 9.17) is 5.26 Å². The lowest BCUT2D eigenvalue weighted by molar-refractivity contribution is -0.116. The number of nitriles is 1. The number of pyridine rings is 1. The first kappa shape index (κ1) is 14.7. The van der Waals surface area contributed by atoms with Crippen LogP contribution in [0.25, 0.3) is 0 Å². The van der Waals surface area contributed by atoms with Crippen LogP contribution in [-0.2, 0) is 10.5 Å². The fourth-order valence-electron chi connectivity index (χ4n) is 1.60. The Labute approximate surface area is 125 Å². The van der Waals surface area contributed by atoms with Gasteiger partial charge in [-0.1, -0.05) is 0 Å². The van der Waals surface area contributed by atoms with Gasteiger partial charge in [-0.15, -0.1) is 23.1 Å². The molecule has 6 heteroatoms. The van der Waals surface area contributed by atoms with Crippen LogP contribution in [0.4, 0.5) is 0 Å². The molecule has 0 spiro atoms. The standard InChI is InChI=1S/C14H13N3OS2/c1-10-7-20-14(17-10)12(6-15)13(18)9-19-8-11-2-4-16-5-3-11/h2-5,7,12H,8-9H2,1H3. The zero-order chi connectivity index (χ0) is 14.4. The van der Waals surface area contributed by atoms with E-state index in [1.807, 2.05) is 24.4 Å². The van der Waals surface area contributed by atoms with E-state index in [1.165, 1.54) is 23.1 Å². The fourth-order valence-corrected chi connectivity index (χ4v) is 3.36. The Morgan fingerprint density at radius 2 is 2.25 bits per heavy atom.